The minimum absolute atomic E-state index is 0.137. The number of nitrogens with one attached hydrogen (secondary N) is 2. The van der Waals surface area contributed by atoms with Gasteiger partial charge in [0.25, 0.3) is 10.0 Å². The number of nitrogens with zero attached hydrogens (tertiary/aromatic N) is 2. The van der Waals surface area contributed by atoms with Crippen LogP contribution in [0.15, 0.2) is 29.4 Å². The Labute approximate surface area is 99.1 Å². The van der Waals surface area contributed by atoms with Gasteiger partial charge in [-0.3, -0.25) is 14.8 Å². The molecule has 0 atom stereocenters. The standard InChI is InChI=1S/C10H12N4O2S/c1-7-3-4-9(5-11-7)14-17(15,16)10-6-12-13-8(10)2/h3-6,14H,1-2H3,(H,12,13). The lowest BCUT2D eigenvalue weighted by molar-refractivity contribution is 0.600. The summed E-state index contributed by atoms with van der Waals surface area (Å²) in [6.07, 6.45) is 2.75. The highest BCUT2D eigenvalue weighted by atomic mass is 32.2. The summed E-state index contributed by atoms with van der Waals surface area (Å²) in [5.74, 6) is 0. The molecule has 0 amide bonds. The lowest BCUT2D eigenvalue weighted by atomic mass is 10.4. The third kappa shape index (κ3) is 2.44. The summed E-state index contributed by atoms with van der Waals surface area (Å²) in [4.78, 5) is 4.15. The van der Waals surface area contributed by atoms with Gasteiger partial charge in [-0.1, -0.05) is 0 Å². The molecule has 90 valence electrons. The first-order valence-corrected chi connectivity index (χ1v) is 6.43. The molecule has 0 aliphatic carbocycles. The first kappa shape index (κ1) is 11.6. The van der Waals surface area contributed by atoms with Gasteiger partial charge < -0.3 is 0 Å². The summed E-state index contributed by atoms with van der Waals surface area (Å²) in [7, 11) is -3.60. The second-order valence-electron chi connectivity index (χ2n) is 3.65. The van der Waals surface area contributed by atoms with E-state index in [2.05, 4.69) is 19.9 Å². The average Bonchev–Trinajstić information content (AvgIpc) is 2.68. The molecule has 0 bridgehead atoms. The van der Waals surface area contributed by atoms with E-state index in [-0.39, 0.29) is 4.90 Å². The van der Waals surface area contributed by atoms with Crippen molar-refractivity contribution < 1.29 is 8.42 Å². The van der Waals surface area contributed by atoms with Gasteiger partial charge in [0.1, 0.15) is 4.90 Å². The molecule has 2 aromatic rings. The van der Waals surface area contributed by atoms with Crippen molar-refractivity contribution in [2.24, 2.45) is 0 Å². The van der Waals surface area contributed by atoms with E-state index in [1.807, 2.05) is 6.92 Å². The summed E-state index contributed by atoms with van der Waals surface area (Å²) in [6.45, 7) is 3.48. The molecule has 17 heavy (non-hydrogen) atoms. The molecule has 2 N–H and O–H groups in total. The highest BCUT2D eigenvalue weighted by Gasteiger charge is 2.18. The van der Waals surface area contributed by atoms with Gasteiger partial charge in [0.2, 0.25) is 0 Å². The average molecular weight is 252 g/mol. The minimum atomic E-state index is -3.60. The number of sulfonamides is 1. The molecule has 0 spiro atoms. The number of aryl methyl sites for hydroxylation is 2. The largest absolute Gasteiger partial charge is 0.281 e. The normalized spacial score (nSPS) is 11.4. The zero-order chi connectivity index (χ0) is 12.5. The predicted octanol–water partition coefficient (Wildman–Crippen LogP) is 1.22. The van der Waals surface area contributed by atoms with Crippen LogP contribution in [0.2, 0.25) is 0 Å². The van der Waals surface area contributed by atoms with Crippen LogP contribution >= 0.6 is 0 Å². The molecule has 0 fully saturated rings. The van der Waals surface area contributed by atoms with E-state index in [0.29, 0.717) is 11.4 Å². The number of anilines is 1. The van der Waals surface area contributed by atoms with Gasteiger partial charge >= 0.3 is 0 Å². The topological polar surface area (TPSA) is 87.7 Å². The number of aromatic amines is 1. The van der Waals surface area contributed by atoms with E-state index in [0.717, 1.165) is 5.69 Å². The fraction of sp³-hybridized carbons (Fsp3) is 0.200. The van der Waals surface area contributed by atoms with Crippen LogP contribution in [0.5, 0.6) is 0 Å². The molecule has 7 heteroatoms. The summed E-state index contributed by atoms with van der Waals surface area (Å²) < 4.78 is 26.4. The highest BCUT2D eigenvalue weighted by molar-refractivity contribution is 7.92. The monoisotopic (exact) mass is 252 g/mol. The second kappa shape index (κ2) is 4.17. The van der Waals surface area contributed by atoms with Crippen LogP contribution in [-0.4, -0.2) is 23.6 Å². The Morgan fingerprint density at radius 3 is 2.53 bits per heavy atom. The third-order valence-corrected chi connectivity index (χ3v) is 3.73. The van der Waals surface area contributed by atoms with Crippen molar-refractivity contribution >= 4 is 15.7 Å². The van der Waals surface area contributed by atoms with Gasteiger partial charge in [-0.15, -0.1) is 0 Å². The van der Waals surface area contributed by atoms with Crippen LogP contribution in [-0.2, 0) is 10.0 Å². The van der Waals surface area contributed by atoms with Crippen molar-refractivity contribution in [1.29, 1.82) is 0 Å². The van der Waals surface area contributed by atoms with Crippen LogP contribution < -0.4 is 4.72 Å². The van der Waals surface area contributed by atoms with Crippen molar-refractivity contribution in [3.8, 4) is 0 Å². The first-order valence-electron chi connectivity index (χ1n) is 4.94. The Kier molecular flexibility index (Phi) is 2.84. The highest BCUT2D eigenvalue weighted by Crippen LogP contribution is 2.16. The van der Waals surface area contributed by atoms with E-state index in [9.17, 15) is 8.42 Å². The molecular formula is C10H12N4O2S. The van der Waals surface area contributed by atoms with E-state index in [4.69, 9.17) is 0 Å². The van der Waals surface area contributed by atoms with E-state index in [1.54, 1.807) is 19.1 Å². The molecule has 0 saturated carbocycles. The molecule has 2 aromatic heterocycles. The summed E-state index contributed by atoms with van der Waals surface area (Å²) in [5, 5.41) is 6.27. The molecule has 0 aliphatic rings. The van der Waals surface area contributed by atoms with Gasteiger partial charge in [0.15, 0.2) is 0 Å². The quantitative estimate of drug-likeness (QED) is 0.859. The van der Waals surface area contributed by atoms with E-state index >= 15 is 0 Å². The molecule has 0 aromatic carbocycles. The van der Waals surface area contributed by atoms with Crippen molar-refractivity contribution in [2.75, 3.05) is 4.72 Å². The van der Waals surface area contributed by atoms with Crippen LogP contribution in [0.4, 0.5) is 5.69 Å². The number of rotatable bonds is 3. The number of pyridine rings is 1. The number of H-pyrrole nitrogens is 1. The molecule has 0 unspecified atom stereocenters. The van der Waals surface area contributed by atoms with Crippen molar-refractivity contribution in [3.05, 3.63) is 35.9 Å². The van der Waals surface area contributed by atoms with E-state index < -0.39 is 10.0 Å². The zero-order valence-corrected chi connectivity index (χ0v) is 10.2. The van der Waals surface area contributed by atoms with E-state index in [1.165, 1.54) is 12.4 Å². The fourth-order valence-electron chi connectivity index (χ4n) is 1.35. The lowest BCUT2D eigenvalue weighted by Gasteiger charge is -2.06. The minimum Gasteiger partial charge on any atom is -0.281 e. The maximum absolute atomic E-state index is 12.0. The van der Waals surface area contributed by atoms with Gasteiger partial charge in [0.05, 0.1) is 23.8 Å². The van der Waals surface area contributed by atoms with Crippen molar-refractivity contribution in [3.63, 3.8) is 0 Å². The molecule has 2 rings (SSSR count). The van der Waals surface area contributed by atoms with Gasteiger partial charge in [0, 0.05) is 5.69 Å². The zero-order valence-electron chi connectivity index (χ0n) is 9.43. The molecular weight excluding hydrogens is 240 g/mol. The third-order valence-electron chi connectivity index (χ3n) is 2.24. The smallest absolute Gasteiger partial charge is 0.265 e. The Morgan fingerprint density at radius 2 is 2.00 bits per heavy atom. The van der Waals surface area contributed by atoms with Gasteiger partial charge in [-0.25, -0.2) is 8.42 Å². The van der Waals surface area contributed by atoms with Gasteiger partial charge in [-0.2, -0.15) is 5.10 Å². The maximum Gasteiger partial charge on any atom is 0.265 e. The van der Waals surface area contributed by atoms with Crippen molar-refractivity contribution in [2.45, 2.75) is 18.7 Å². The summed E-state index contributed by atoms with van der Waals surface area (Å²) in [5.41, 5.74) is 1.75. The Morgan fingerprint density at radius 1 is 1.24 bits per heavy atom. The molecule has 0 saturated heterocycles. The number of hydrogen-bond acceptors (Lipinski definition) is 4. The SMILES string of the molecule is Cc1ccc(NS(=O)(=O)c2cn[nH]c2C)cn1. The Hall–Kier alpha value is -1.89. The molecule has 2 heterocycles. The van der Waals surface area contributed by atoms with Crippen LogP contribution in [0.1, 0.15) is 11.4 Å². The number of aromatic nitrogens is 3. The fourth-order valence-corrected chi connectivity index (χ4v) is 2.53. The summed E-state index contributed by atoms with van der Waals surface area (Å²) in [6, 6.07) is 3.40. The van der Waals surface area contributed by atoms with Crippen LogP contribution in [0.3, 0.4) is 0 Å². The predicted molar refractivity (Wildman–Crippen MR) is 63.1 cm³/mol. The van der Waals surface area contributed by atoms with Crippen LogP contribution in [0, 0.1) is 13.8 Å². The van der Waals surface area contributed by atoms with Crippen molar-refractivity contribution in [1.82, 2.24) is 15.2 Å². The number of hydrogen-bond donors (Lipinski definition) is 2. The maximum atomic E-state index is 12.0. The lowest BCUT2D eigenvalue weighted by Crippen LogP contribution is -2.13. The summed E-state index contributed by atoms with van der Waals surface area (Å²) >= 11 is 0. The molecule has 6 nitrogen and oxygen atoms in total. The molecule has 0 radical (unpaired) electrons. The second-order valence-corrected chi connectivity index (χ2v) is 5.30. The van der Waals surface area contributed by atoms with Crippen LogP contribution in [0.25, 0.3) is 0 Å². The first-order chi connectivity index (χ1) is 7.99. The van der Waals surface area contributed by atoms with Gasteiger partial charge in [-0.05, 0) is 26.0 Å². The Balaban J connectivity index is 2.30. The molecule has 0 aliphatic heterocycles. The Bertz CT molecular complexity index is 616.